The molecule has 0 aromatic carbocycles. The van der Waals surface area contributed by atoms with Crippen LogP contribution in [0.5, 0.6) is 0 Å². The standard InChI is InChI=1S/C4H8F2N2O2/c1-10-8-4(9)7-2-3(5)6/h3H,2H2,1H3,(H2,7,8,9). The number of hydrogen-bond acceptors (Lipinski definition) is 2. The van der Waals surface area contributed by atoms with Crippen LogP contribution in [0.3, 0.4) is 0 Å². The van der Waals surface area contributed by atoms with E-state index in [4.69, 9.17) is 0 Å². The van der Waals surface area contributed by atoms with Gasteiger partial charge < -0.3 is 5.32 Å². The summed E-state index contributed by atoms with van der Waals surface area (Å²) in [6, 6.07) is -0.775. The maximum absolute atomic E-state index is 11.4. The highest BCUT2D eigenvalue weighted by Crippen LogP contribution is 1.86. The van der Waals surface area contributed by atoms with Gasteiger partial charge in [-0.05, 0) is 0 Å². The number of halogens is 2. The number of rotatable bonds is 3. The molecule has 0 saturated carbocycles. The molecule has 60 valence electrons. The fraction of sp³-hybridized carbons (Fsp3) is 0.750. The zero-order valence-electron chi connectivity index (χ0n) is 5.36. The lowest BCUT2D eigenvalue weighted by atomic mass is 10.7. The average Bonchev–Trinajstić information content (AvgIpc) is 1.85. The molecule has 0 aliphatic carbocycles. The summed E-state index contributed by atoms with van der Waals surface area (Å²) in [5, 5.41) is 1.86. The molecular formula is C4H8F2N2O2. The first-order chi connectivity index (χ1) is 4.66. The first kappa shape index (κ1) is 9.09. The fourth-order valence-electron chi connectivity index (χ4n) is 0.299. The Bertz CT molecular complexity index is 109. The average molecular weight is 154 g/mol. The van der Waals surface area contributed by atoms with Gasteiger partial charge in [-0.15, -0.1) is 0 Å². The number of nitrogens with one attached hydrogen (secondary N) is 2. The van der Waals surface area contributed by atoms with E-state index in [1.54, 1.807) is 0 Å². The van der Waals surface area contributed by atoms with Gasteiger partial charge in [0.2, 0.25) is 0 Å². The van der Waals surface area contributed by atoms with E-state index in [1.165, 1.54) is 7.11 Å². The van der Waals surface area contributed by atoms with Crippen molar-refractivity contribution in [2.75, 3.05) is 13.7 Å². The van der Waals surface area contributed by atoms with Gasteiger partial charge in [-0.25, -0.2) is 19.1 Å². The quantitative estimate of drug-likeness (QED) is 0.567. The van der Waals surface area contributed by atoms with Crippen molar-refractivity contribution in [1.82, 2.24) is 10.8 Å². The van der Waals surface area contributed by atoms with Crippen LogP contribution in [-0.4, -0.2) is 26.1 Å². The second-order valence-corrected chi connectivity index (χ2v) is 1.41. The van der Waals surface area contributed by atoms with Gasteiger partial charge in [0.15, 0.2) is 0 Å². The molecule has 6 heteroatoms. The Kier molecular flexibility index (Phi) is 4.47. The molecule has 4 nitrogen and oxygen atoms in total. The highest BCUT2D eigenvalue weighted by atomic mass is 19.3. The summed E-state index contributed by atoms with van der Waals surface area (Å²) in [6.45, 7) is -0.671. The van der Waals surface area contributed by atoms with E-state index in [9.17, 15) is 13.6 Å². The number of amides is 2. The molecule has 0 rings (SSSR count). The molecule has 2 amide bonds. The van der Waals surface area contributed by atoms with Crippen molar-refractivity contribution in [3.05, 3.63) is 0 Å². The Morgan fingerprint density at radius 3 is 2.70 bits per heavy atom. The summed E-state index contributed by atoms with van der Waals surface area (Å²) >= 11 is 0. The normalized spacial score (nSPS) is 9.60. The van der Waals surface area contributed by atoms with Crippen LogP contribution in [0.1, 0.15) is 0 Å². The molecule has 2 N–H and O–H groups in total. The highest BCUT2D eigenvalue weighted by molar-refractivity contribution is 5.72. The van der Waals surface area contributed by atoms with E-state index in [1.807, 2.05) is 10.8 Å². The number of hydrogen-bond donors (Lipinski definition) is 2. The van der Waals surface area contributed by atoms with Gasteiger partial charge in [0.1, 0.15) is 0 Å². The van der Waals surface area contributed by atoms with E-state index in [2.05, 4.69) is 4.84 Å². The Morgan fingerprint density at radius 2 is 2.30 bits per heavy atom. The van der Waals surface area contributed by atoms with Gasteiger partial charge in [0.05, 0.1) is 13.7 Å². The van der Waals surface area contributed by atoms with Gasteiger partial charge in [-0.2, -0.15) is 0 Å². The third-order valence-corrected chi connectivity index (χ3v) is 0.612. The molecule has 0 aliphatic heterocycles. The lowest BCUT2D eigenvalue weighted by Crippen LogP contribution is -2.37. The molecule has 0 saturated heterocycles. The van der Waals surface area contributed by atoms with Crippen LogP contribution in [0, 0.1) is 0 Å². The van der Waals surface area contributed by atoms with Crippen molar-refractivity contribution in [3.63, 3.8) is 0 Å². The molecule has 0 bridgehead atoms. The van der Waals surface area contributed by atoms with Crippen molar-refractivity contribution in [3.8, 4) is 0 Å². The van der Waals surface area contributed by atoms with Crippen LogP contribution in [0.25, 0.3) is 0 Å². The van der Waals surface area contributed by atoms with Crippen LogP contribution in [-0.2, 0) is 4.84 Å². The number of carbonyl (C=O) groups excluding carboxylic acids is 1. The lowest BCUT2D eigenvalue weighted by Gasteiger charge is -2.03. The van der Waals surface area contributed by atoms with Crippen LogP contribution < -0.4 is 10.8 Å². The van der Waals surface area contributed by atoms with E-state index in [0.717, 1.165) is 0 Å². The van der Waals surface area contributed by atoms with Crippen molar-refractivity contribution in [2.24, 2.45) is 0 Å². The monoisotopic (exact) mass is 154 g/mol. The smallest absolute Gasteiger partial charge is 0.331 e. The minimum absolute atomic E-state index is 0.671. The van der Waals surface area contributed by atoms with Crippen molar-refractivity contribution in [2.45, 2.75) is 6.43 Å². The van der Waals surface area contributed by atoms with Gasteiger partial charge in [-0.3, -0.25) is 4.84 Å². The minimum Gasteiger partial charge on any atom is -0.331 e. The van der Waals surface area contributed by atoms with E-state index in [0.29, 0.717) is 0 Å². The maximum Gasteiger partial charge on any atom is 0.338 e. The first-order valence-corrected chi connectivity index (χ1v) is 2.51. The molecule has 0 unspecified atom stereocenters. The van der Waals surface area contributed by atoms with Crippen LogP contribution in [0.2, 0.25) is 0 Å². The SMILES string of the molecule is CONC(=O)NCC(F)F. The minimum atomic E-state index is -2.54. The maximum atomic E-state index is 11.4. The van der Waals surface area contributed by atoms with E-state index >= 15 is 0 Å². The number of hydroxylamine groups is 1. The van der Waals surface area contributed by atoms with Crippen molar-refractivity contribution < 1.29 is 18.4 Å². The zero-order chi connectivity index (χ0) is 7.98. The summed E-state index contributed by atoms with van der Waals surface area (Å²) in [4.78, 5) is 14.4. The number of urea groups is 1. The molecule has 10 heavy (non-hydrogen) atoms. The van der Waals surface area contributed by atoms with Gasteiger partial charge in [0, 0.05) is 0 Å². The second-order valence-electron chi connectivity index (χ2n) is 1.41. The summed E-state index contributed by atoms with van der Waals surface area (Å²) < 4.78 is 22.7. The van der Waals surface area contributed by atoms with Gasteiger partial charge in [0.25, 0.3) is 6.43 Å². The molecule has 0 fully saturated rings. The molecule has 0 aromatic rings. The Morgan fingerprint density at radius 1 is 1.70 bits per heavy atom. The lowest BCUT2D eigenvalue weighted by molar-refractivity contribution is 0.100. The Hall–Kier alpha value is -0.910. The van der Waals surface area contributed by atoms with Crippen molar-refractivity contribution in [1.29, 1.82) is 0 Å². The summed E-state index contributed by atoms with van der Waals surface area (Å²) in [7, 11) is 1.21. The molecule has 0 aromatic heterocycles. The Balaban J connectivity index is 3.22. The third-order valence-electron chi connectivity index (χ3n) is 0.612. The number of carbonyl (C=O) groups is 1. The van der Waals surface area contributed by atoms with Gasteiger partial charge in [-0.1, -0.05) is 0 Å². The molecule has 0 radical (unpaired) electrons. The topological polar surface area (TPSA) is 50.4 Å². The highest BCUT2D eigenvalue weighted by Gasteiger charge is 2.04. The largest absolute Gasteiger partial charge is 0.338 e. The summed E-state index contributed by atoms with van der Waals surface area (Å²) in [5.74, 6) is 0. The molecule has 0 atom stereocenters. The van der Waals surface area contributed by atoms with Crippen LogP contribution >= 0.6 is 0 Å². The zero-order valence-corrected chi connectivity index (χ0v) is 5.36. The molecular weight excluding hydrogens is 146 g/mol. The third kappa shape index (κ3) is 5.23. The molecule has 0 heterocycles. The summed E-state index contributed by atoms with van der Waals surface area (Å²) in [5.41, 5.74) is 1.82. The first-order valence-electron chi connectivity index (χ1n) is 2.51. The molecule has 0 spiro atoms. The van der Waals surface area contributed by atoms with E-state index < -0.39 is 19.0 Å². The molecule has 0 aliphatic rings. The van der Waals surface area contributed by atoms with E-state index in [-0.39, 0.29) is 0 Å². The van der Waals surface area contributed by atoms with Crippen LogP contribution in [0.15, 0.2) is 0 Å². The predicted molar refractivity (Wildman–Crippen MR) is 29.5 cm³/mol. The van der Waals surface area contributed by atoms with Crippen LogP contribution in [0.4, 0.5) is 13.6 Å². The summed E-state index contributed by atoms with van der Waals surface area (Å²) in [6.07, 6.45) is -2.54. The Labute approximate surface area is 56.5 Å². The second kappa shape index (κ2) is 4.92. The fourth-order valence-corrected chi connectivity index (χ4v) is 0.299. The van der Waals surface area contributed by atoms with Crippen molar-refractivity contribution >= 4 is 6.03 Å². The van der Waals surface area contributed by atoms with Gasteiger partial charge >= 0.3 is 6.03 Å². The predicted octanol–water partition coefficient (Wildman–Crippen LogP) is 0.112. The number of alkyl halides is 2.